The van der Waals surface area contributed by atoms with Gasteiger partial charge < -0.3 is 14.7 Å². The smallest absolute Gasteiger partial charge is 0.410 e. The number of likely N-dealkylation sites (tertiary alicyclic amines) is 1. The van der Waals surface area contributed by atoms with Crippen LogP contribution in [-0.4, -0.2) is 41.4 Å². The van der Waals surface area contributed by atoms with Gasteiger partial charge in [0.1, 0.15) is 5.60 Å². The molecular formula is C14H27NO3. The summed E-state index contributed by atoms with van der Waals surface area (Å²) in [5.41, 5.74) is -0.456. The number of hydrogen-bond acceptors (Lipinski definition) is 3. The van der Waals surface area contributed by atoms with Crippen LogP contribution in [0.1, 0.15) is 41.0 Å². The van der Waals surface area contributed by atoms with Gasteiger partial charge in [0.2, 0.25) is 0 Å². The van der Waals surface area contributed by atoms with Gasteiger partial charge in [-0.15, -0.1) is 0 Å². The summed E-state index contributed by atoms with van der Waals surface area (Å²) in [7, 11) is 0. The van der Waals surface area contributed by atoms with Crippen LogP contribution in [0.2, 0.25) is 0 Å². The molecule has 0 radical (unpaired) electrons. The van der Waals surface area contributed by atoms with Crippen LogP contribution in [-0.2, 0) is 4.74 Å². The van der Waals surface area contributed by atoms with Crippen LogP contribution in [0, 0.1) is 17.8 Å². The Morgan fingerprint density at radius 3 is 2.33 bits per heavy atom. The summed E-state index contributed by atoms with van der Waals surface area (Å²) >= 11 is 0. The number of hydrogen-bond donors (Lipinski definition) is 1. The van der Waals surface area contributed by atoms with E-state index in [1.165, 1.54) is 0 Å². The van der Waals surface area contributed by atoms with Crippen LogP contribution in [0.15, 0.2) is 0 Å². The molecule has 0 saturated carbocycles. The minimum atomic E-state index is -0.456. The first kappa shape index (κ1) is 15.3. The van der Waals surface area contributed by atoms with E-state index in [0.717, 1.165) is 6.42 Å². The summed E-state index contributed by atoms with van der Waals surface area (Å²) in [6.45, 7) is 11.4. The zero-order valence-electron chi connectivity index (χ0n) is 12.3. The molecule has 0 spiro atoms. The van der Waals surface area contributed by atoms with Crippen LogP contribution >= 0.6 is 0 Å². The number of nitrogens with zero attached hydrogens (tertiary/aromatic N) is 1. The van der Waals surface area contributed by atoms with Crippen LogP contribution in [0.4, 0.5) is 4.79 Å². The third-order valence-corrected chi connectivity index (χ3v) is 3.24. The molecule has 1 fully saturated rings. The van der Waals surface area contributed by atoms with Gasteiger partial charge in [-0.25, -0.2) is 4.79 Å². The van der Waals surface area contributed by atoms with Crippen LogP contribution < -0.4 is 0 Å². The number of ether oxygens (including phenoxy) is 1. The molecule has 1 rings (SSSR count). The van der Waals surface area contributed by atoms with Crippen molar-refractivity contribution < 1.29 is 14.6 Å². The van der Waals surface area contributed by atoms with E-state index in [4.69, 9.17) is 4.74 Å². The van der Waals surface area contributed by atoms with E-state index in [9.17, 15) is 9.90 Å². The van der Waals surface area contributed by atoms with Gasteiger partial charge in [-0.2, -0.15) is 0 Å². The molecule has 1 amide bonds. The molecular weight excluding hydrogens is 230 g/mol. The molecule has 1 saturated heterocycles. The topological polar surface area (TPSA) is 49.8 Å². The average molecular weight is 257 g/mol. The Labute approximate surface area is 110 Å². The molecule has 0 aliphatic carbocycles. The minimum Gasteiger partial charge on any atom is -0.444 e. The molecule has 106 valence electrons. The normalized spacial score (nSPS) is 24.7. The van der Waals surface area contributed by atoms with Gasteiger partial charge in [0, 0.05) is 25.6 Å². The Morgan fingerprint density at radius 2 is 1.89 bits per heavy atom. The minimum absolute atomic E-state index is 0.149. The van der Waals surface area contributed by atoms with Crippen molar-refractivity contribution in [2.75, 3.05) is 19.7 Å². The molecule has 2 atom stereocenters. The van der Waals surface area contributed by atoms with E-state index in [0.29, 0.717) is 24.9 Å². The first-order valence-corrected chi connectivity index (χ1v) is 6.81. The van der Waals surface area contributed by atoms with Gasteiger partial charge in [0.15, 0.2) is 0 Å². The van der Waals surface area contributed by atoms with E-state index in [1.807, 2.05) is 20.8 Å². The lowest BCUT2D eigenvalue weighted by molar-refractivity contribution is 0.0280. The standard InChI is InChI=1S/C14H27NO3/c1-10(2)6-11-7-15(8-12(11)9-16)13(17)18-14(3,4)5/h10-12,16H,6-9H2,1-5H3/t11-,12+/m0/s1. The number of aliphatic hydroxyl groups is 1. The SMILES string of the molecule is CC(C)C[C@H]1CN(C(=O)OC(C)(C)C)C[C@@H]1CO. The van der Waals surface area contributed by atoms with Gasteiger partial charge >= 0.3 is 6.09 Å². The predicted molar refractivity (Wildman–Crippen MR) is 71.3 cm³/mol. The second-order valence-corrected chi connectivity index (χ2v) is 6.72. The van der Waals surface area contributed by atoms with Gasteiger partial charge in [0.25, 0.3) is 0 Å². The number of amides is 1. The molecule has 0 bridgehead atoms. The Bertz CT molecular complexity index is 283. The van der Waals surface area contributed by atoms with Gasteiger partial charge in [-0.3, -0.25) is 0 Å². The summed E-state index contributed by atoms with van der Waals surface area (Å²) in [5.74, 6) is 1.17. The predicted octanol–water partition coefficient (Wildman–Crippen LogP) is 2.51. The monoisotopic (exact) mass is 257 g/mol. The highest BCUT2D eigenvalue weighted by molar-refractivity contribution is 5.68. The Hall–Kier alpha value is -0.770. The maximum Gasteiger partial charge on any atom is 0.410 e. The second kappa shape index (κ2) is 5.91. The molecule has 4 nitrogen and oxygen atoms in total. The molecule has 0 aromatic heterocycles. The van der Waals surface area contributed by atoms with Gasteiger partial charge in [-0.1, -0.05) is 13.8 Å². The molecule has 1 heterocycles. The highest BCUT2D eigenvalue weighted by atomic mass is 16.6. The Balaban J connectivity index is 2.58. The van der Waals surface area contributed by atoms with Crippen molar-refractivity contribution in [3.8, 4) is 0 Å². The Kier molecular flexibility index (Phi) is 5.02. The average Bonchev–Trinajstić information content (AvgIpc) is 2.57. The lowest BCUT2D eigenvalue weighted by Gasteiger charge is -2.24. The molecule has 0 unspecified atom stereocenters. The molecule has 1 N–H and O–H groups in total. The van der Waals surface area contributed by atoms with E-state index < -0.39 is 5.60 Å². The fourth-order valence-corrected chi connectivity index (χ4v) is 2.49. The van der Waals surface area contributed by atoms with Crippen molar-refractivity contribution in [2.45, 2.75) is 46.6 Å². The maximum absolute atomic E-state index is 12.0. The summed E-state index contributed by atoms with van der Waals surface area (Å²) in [4.78, 5) is 13.7. The van der Waals surface area contributed by atoms with E-state index in [2.05, 4.69) is 13.8 Å². The van der Waals surface area contributed by atoms with Gasteiger partial charge in [0.05, 0.1) is 0 Å². The largest absolute Gasteiger partial charge is 0.444 e. The zero-order valence-corrected chi connectivity index (χ0v) is 12.3. The number of rotatable bonds is 3. The second-order valence-electron chi connectivity index (χ2n) is 6.72. The highest BCUT2D eigenvalue weighted by Crippen LogP contribution is 2.29. The number of aliphatic hydroxyl groups excluding tert-OH is 1. The van der Waals surface area contributed by atoms with E-state index in [1.54, 1.807) is 4.90 Å². The lowest BCUT2D eigenvalue weighted by Crippen LogP contribution is -2.35. The van der Waals surface area contributed by atoms with Crippen molar-refractivity contribution in [3.05, 3.63) is 0 Å². The molecule has 0 aromatic rings. The van der Waals surface area contributed by atoms with Crippen molar-refractivity contribution in [1.82, 2.24) is 4.90 Å². The van der Waals surface area contributed by atoms with Crippen molar-refractivity contribution in [2.24, 2.45) is 17.8 Å². The quantitative estimate of drug-likeness (QED) is 0.845. The summed E-state index contributed by atoms with van der Waals surface area (Å²) in [5, 5.41) is 9.40. The number of carbonyl (C=O) groups is 1. The molecule has 1 aliphatic rings. The van der Waals surface area contributed by atoms with E-state index in [-0.39, 0.29) is 18.6 Å². The summed E-state index contributed by atoms with van der Waals surface area (Å²) in [6, 6.07) is 0. The zero-order chi connectivity index (χ0) is 13.9. The third kappa shape index (κ3) is 4.48. The first-order valence-electron chi connectivity index (χ1n) is 6.81. The fourth-order valence-electron chi connectivity index (χ4n) is 2.49. The van der Waals surface area contributed by atoms with Crippen molar-refractivity contribution >= 4 is 6.09 Å². The number of carbonyl (C=O) groups excluding carboxylic acids is 1. The molecule has 1 aliphatic heterocycles. The Morgan fingerprint density at radius 1 is 1.33 bits per heavy atom. The summed E-state index contributed by atoms with van der Waals surface area (Å²) < 4.78 is 5.37. The molecule has 4 heteroatoms. The highest BCUT2D eigenvalue weighted by Gasteiger charge is 2.36. The van der Waals surface area contributed by atoms with Crippen molar-refractivity contribution in [1.29, 1.82) is 0 Å². The first-order chi connectivity index (χ1) is 8.23. The van der Waals surface area contributed by atoms with Crippen LogP contribution in [0.25, 0.3) is 0 Å². The van der Waals surface area contributed by atoms with Crippen LogP contribution in [0.5, 0.6) is 0 Å². The lowest BCUT2D eigenvalue weighted by atomic mass is 9.89. The van der Waals surface area contributed by atoms with Gasteiger partial charge in [-0.05, 0) is 39.0 Å². The van der Waals surface area contributed by atoms with E-state index >= 15 is 0 Å². The molecule has 0 aromatic carbocycles. The third-order valence-electron chi connectivity index (χ3n) is 3.24. The fraction of sp³-hybridized carbons (Fsp3) is 0.929. The maximum atomic E-state index is 12.0. The van der Waals surface area contributed by atoms with Crippen molar-refractivity contribution in [3.63, 3.8) is 0 Å². The molecule has 18 heavy (non-hydrogen) atoms. The van der Waals surface area contributed by atoms with Crippen LogP contribution in [0.3, 0.4) is 0 Å². The summed E-state index contributed by atoms with van der Waals surface area (Å²) in [6.07, 6.45) is 0.789.